The quantitative estimate of drug-likeness (QED) is 0.326. The minimum absolute atomic E-state index is 0.0871. The summed E-state index contributed by atoms with van der Waals surface area (Å²) in [5.41, 5.74) is 2.53. The number of aryl methyl sites for hydroxylation is 1. The summed E-state index contributed by atoms with van der Waals surface area (Å²) < 4.78 is 6.95. The summed E-state index contributed by atoms with van der Waals surface area (Å²) in [5, 5.41) is 12.8. The maximum absolute atomic E-state index is 12.2. The predicted octanol–water partition coefficient (Wildman–Crippen LogP) is 4.77. The predicted molar refractivity (Wildman–Crippen MR) is 120 cm³/mol. The summed E-state index contributed by atoms with van der Waals surface area (Å²) in [6.07, 6.45) is 5.16. The van der Waals surface area contributed by atoms with Crippen LogP contribution >= 0.6 is 34.4 Å². The molecule has 0 saturated carbocycles. The van der Waals surface area contributed by atoms with Gasteiger partial charge in [0.05, 0.1) is 21.5 Å². The van der Waals surface area contributed by atoms with Gasteiger partial charge in [-0.15, -0.1) is 22.7 Å². The topological polar surface area (TPSA) is 92.1 Å². The van der Waals surface area contributed by atoms with Gasteiger partial charge in [-0.25, -0.2) is 4.98 Å². The molecule has 2 heterocycles. The van der Waals surface area contributed by atoms with Crippen molar-refractivity contribution in [1.29, 1.82) is 5.26 Å². The van der Waals surface area contributed by atoms with E-state index in [0.717, 1.165) is 45.8 Å². The van der Waals surface area contributed by atoms with E-state index < -0.39 is 11.9 Å². The number of thiophene rings is 1. The first-order valence-electron chi connectivity index (χ1n) is 9.62. The average molecular weight is 458 g/mol. The maximum atomic E-state index is 12.2. The van der Waals surface area contributed by atoms with E-state index in [1.165, 1.54) is 45.7 Å². The lowest BCUT2D eigenvalue weighted by molar-refractivity contribution is -0.144. The highest BCUT2D eigenvalue weighted by molar-refractivity contribution is 8.01. The molecule has 0 spiro atoms. The normalized spacial score (nSPS) is 13.3. The summed E-state index contributed by atoms with van der Waals surface area (Å²) >= 11 is 4.28. The van der Waals surface area contributed by atoms with Crippen molar-refractivity contribution in [3.8, 4) is 6.07 Å². The highest BCUT2D eigenvalue weighted by Crippen LogP contribution is 2.37. The fraction of sp³-hybridized carbons (Fsp3) is 0.333. The molecule has 0 bridgehead atoms. The summed E-state index contributed by atoms with van der Waals surface area (Å²) in [4.78, 5) is 29.9. The van der Waals surface area contributed by atoms with Crippen molar-refractivity contribution >= 4 is 61.5 Å². The first-order valence-corrected chi connectivity index (χ1v) is 12.2. The lowest BCUT2D eigenvalue weighted by Crippen LogP contribution is -2.21. The van der Waals surface area contributed by atoms with Gasteiger partial charge in [0, 0.05) is 4.88 Å². The molecule has 0 fully saturated rings. The number of esters is 1. The number of benzene rings is 1. The number of thioether (sulfide) groups is 1. The Bertz CT molecular complexity index is 1100. The molecule has 154 valence electrons. The van der Waals surface area contributed by atoms with E-state index in [9.17, 15) is 14.9 Å². The van der Waals surface area contributed by atoms with Crippen molar-refractivity contribution in [3.05, 3.63) is 40.3 Å². The van der Waals surface area contributed by atoms with Crippen molar-refractivity contribution < 1.29 is 14.3 Å². The second kappa shape index (κ2) is 9.60. The van der Waals surface area contributed by atoms with Gasteiger partial charge in [0.25, 0.3) is 5.91 Å². The number of hydrogen-bond donors (Lipinski definition) is 1. The van der Waals surface area contributed by atoms with Crippen molar-refractivity contribution in [2.75, 3.05) is 17.7 Å². The second-order valence-electron chi connectivity index (χ2n) is 6.83. The molecule has 9 heteroatoms. The highest BCUT2D eigenvalue weighted by Gasteiger charge is 2.21. The van der Waals surface area contributed by atoms with E-state index in [0.29, 0.717) is 10.6 Å². The van der Waals surface area contributed by atoms with Gasteiger partial charge in [-0.3, -0.25) is 9.59 Å². The Labute approximate surface area is 186 Å². The number of hydrogen-bond acceptors (Lipinski definition) is 8. The number of rotatable bonds is 6. The molecule has 0 unspecified atom stereocenters. The third kappa shape index (κ3) is 4.83. The van der Waals surface area contributed by atoms with Crippen LogP contribution in [0.2, 0.25) is 0 Å². The van der Waals surface area contributed by atoms with Gasteiger partial charge >= 0.3 is 5.97 Å². The molecule has 1 aliphatic carbocycles. The van der Waals surface area contributed by atoms with Crippen molar-refractivity contribution in [2.45, 2.75) is 36.4 Å². The molecule has 4 rings (SSSR count). The molecule has 1 N–H and O–H groups in total. The van der Waals surface area contributed by atoms with E-state index in [4.69, 9.17) is 4.74 Å². The molecule has 0 atom stereocenters. The molecule has 1 aliphatic rings. The fourth-order valence-electron chi connectivity index (χ4n) is 3.33. The minimum Gasteiger partial charge on any atom is -0.455 e. The average Bonchev–Trinajstić information content (AvgIpc) is 3.23. The first-order chi connectivity index (χ1) is 14.6. The van der Waals surface area contributed by atoms with Gasteiger partial charge in [-0.05, 0) is 43.4 Å². The van der Waals surface area contributed by atoms with Crippen LogP contribution in [0.5, 0.6) is 0 Å². The number of carbonyl (C=O) groups excluding carboxylic acids is 2. The van der Waals surface area contributed by atoms with Gasteiger partial charge in [-0.1, -0.05) is 30.3 Å². The van der Waals surface area contributed by atoms with Crippen LogP contribution in [0, 0.1) is 11.3 Å². The largest absolute Gasteiger partial charge is 0.455 e. The molecular weight excluding hydrogens is 438 g/mol. The molecule has 3 aromatic rings. The fourth-order valence-corrected chi connectivity index (χ4v) is 6.46. The molecule has 6 nitrogen and oxygen atoms in total. The molecule has 0 aliphatic heterocycles. The number of nitrogens with zero attached hydrogens (tertiary/aromatic N) is 2. The van der Waals surface area contributed by atoms with Crippen LogP contribution in [-0.2, 0) is 27.2 Å². The van der Waals surface area contributed by atoms with E-state index in [1.54, 1.807) is 0 Å². The van der Waals surface area contributed by atoms with E-state index in [-0.39, 0.29) is 12.4 Å². The summed E-state index contributed by atoms with van der Waals surface area (Å²) in [5.74, 6) is -0.817. The van der Waals surface area contributed by atoms with Crippen molar-refractivity contribution in [2.24, 2.45) is 0 Å². The van der Waals surface area contributed by atoms with Gasteiger partial charge < -0.3 is 10.1 Å². The number of carbonyl (C=O) groups is 2. The van der Waals surface area contributed by atoms with Crippen LogP contribution in [0.1, 0.15) is 35.3 Å². The Morgan fingerprint density at radius 2 is 2.03 bits per heavy atom. The maximum Gasteiger partial charge on any atom is 0.316 e. The van der Waals surface area contributed by atoms with Gasteiger partial charge in [0.2, 0.25) is 0 Å². The van der Waals surface area contributed by atoms with Crippen molar-refractivity contribution in [1.82, 2.24) is 4.98 Å². The minimum atomic E-state index is -0.475. The Balaban J connectivity index is 1.28. The monoisotopic (exact) mass is 457 g/mol. The van der Waals surface area contributed by atoms with Gasteiger partial charge in [0.1, 0.15) is 11.1 Å². The Morgan fingerprint density at radius 3 is 2.87 bits per heavy atom. The number of fused-ring (bicyclic) bond motifs is 2. The third-order valence-electron chi connectivity index (χ3n) is 4.74. The van der Waals surface area contributed by atoms with Crippen LogP contribution in [0.3, 0.4) is 0 Å². The molecule has 0 saturated heterocycles. The van der Waals surface area contributed by atoms with Crippen LogP contribution in [0.15, 0.2) is 28.6 Å². The Kier molecular flexibility index (Phi) is 6.67. The zero-order chi connectivity index (χ0) is 20.9. The number of nitriles is 1. The molecule has 30 heavy (non-hydrogen) atoms. The third-order valence-corrected chi connectivity index (χ3v) is 8.10. The van der Waals surface area contributed by atoms with Crippen LogP contribution < -0.4 is 5.32 Å². The SMILES string of the molecule is N#Cc1c(NC(=O)COC(=O)CSc2nc3ccccc3s2)sc2c1CCCCC2. The number of anilines is 1. The lowest BCUT2D eigenvalue weighted by atomic mass is 10.1. The van der Waals surface area contributed by atoms with Crippen LogP contribution in [0.25, 0.3) is 10.2 Å². The number of amides is 1. The summed E-state index contributed by atoms with van der Waals surface area (Å²) in [7, 11) is 0. The lowest BCUT2D eigenvalue weighted by Gasteiger charge is -2.05. The highest BCUT2D eigenvalue weighted by atomic mass is 32.2. The van der Waals surface area contributed by atoms with Crippen LogP contribution in [-0.4, -0.2) is 29.2 Å². The number of para-hydroxylation sites is 1. The molecule has 1 aromatic carbocycles. The first kappa shape index (κ1) is 20.8. The zero-order valence-electron chi connectivity index (χ0n) is 16.1. The standard InChI is InChI=1S/C21H19N3O3S3/c22-10-14-13-6-2-1-3-8-16(13)29-20(14)24-18(25)11-27-19(26)12-28-21-23-15-7-4-5-9-17(15)30-21/h4-5,7,9H,1-3,6,8,11-12H2,(H,24,25). The zero-order valence-corrected chi connectivity index (χ0v) is 18.6. The van der Waals surface area contributed by atoms with Gasteiger partial charge in [-0.2, -0.15) is 5.26 Å². The Hall–Kier alpha value is -2.41. The van der Waals surface area contributed by atoms with Crippen molar-refractivity contribution in [3.63, 3.8) is 0 Å². The number of ether oxygens (including phenoxy) is 1. The number of aromatic nitrogens is 1. The second-order valence-corrected chi connectivity index (χ2v) is 10.2. The molecule has 2 aromatic heterocycles. The molecule has 0 radical (unpaired) electrons. The molecular formula is C21H19N3O3S3. The summed E-state index contributed by atoms with van der Waals surface area (Å²) in [6.45, 7) is -0.368. The smallest absolute Gasteiger partial charge is 0.316 e. The number of nitrogens with one attached hydrogen (secondary N) is 1. The molecule has 1 amide bonds. The van der Waals surface area contributed by atoms with Crippen LogP contribution in [0.4, 0.5) is 5.00 Å². The van der Waals surface area contributed by atoms with E-state index in [2.05, 4.69) is 16.4 Å². The van der Waals surface area contributed by atoms with Gasteiger partial charge in [0.15, 0.2) is 10.9 Å². The van der Waals surface area contributed by atoms with E-state index in [1.807, 2.05) is 24.3 Å². The number of thiazole rings is 1. The summed E-state index contributed by atoms with van der Waals surface area (Å²) in [6, 6.07) is 10.0. The Morgan fingerprint density at radius 1 is 1.20 bits per heavy atom. The van der Waals surface area contributed by atoms with E-state index >= 15 is 0 Å².